The van der Waals surface area contributed by atoms with Crippen LogP contribution in [-0.2, 0) is 65.4 Å². The zero-order valence-corrected chi connectivity index (χ0v) is 58.1. The molecule has 2 unspecified atom stereocenters. The van der Waals surface area contributed by atoms with Crippen LogP contribution in [0.4, 0.5) is 0 Å². The number of ether oxygens (including phenoxy) is 4. The molecule has 0 radical (unpaired) electrons. The standard InChI is InChI=1S/C68H132O17P2/c1-7-9-11-13-15-17-18-19-20-23-27-33-39-45-51-66(71)79-56-63(84-67(72)52-46-40-34-28-24-21-22-26-30-36-42-48-60(3)4)58-82-86(74,75)80-54-62(69)55-81-87(76,77)83-59-64(57-78-65(70)50-44-38-32-25-16-14-12-10-8-2)85-68(73)53-47-41-35-29-31-37-43-49-61(5)6/h60-64,69H,7-59H2,1-6H3,(H,74,75)(H,76,77)/t62-,63-,64-/m1/s1. The highest BCUT2D eigenvalue weighted by Gasteiger charge is 2.30. The molecule has 3 N–H and O–H groups in total. The van der Waals surface area contributed by atoms with Gasteiger partial charge in [-0.05, 0) is 37.5 Å². The third kappa shape index (κ3) is 62.6. The maximum atomic E-state index is 13.0. The third-order valence-corrected chi connectivity index (χ3v) is 17.6. The Hall–Kier alpha value is -1.94. The lowest BCUT2D eigenvalue weighted by Gasteiger charge is -2.21. The number of esters is 4. The second-order valence-corrected chi connectivity index (χ2v) is 28.4. The van der Waals surface area contributed by atoms with Crippen LogP contribution in [-0.4, -0.2) is 96.7 Å². The summed E-state index contributed by atoms with van der Waals surface area (Å²) in [6, 6.07) is 0. The molecule has 0 bridgehead atoms. The van der Waals surface area contributed by atoms with Crippen molar-refractivity contribution in [3.05, 3.63) is 0 Å². The van der Waals surface area contributed by atoms with Gasteiger partial charge in [-0.1, -0.05) is 292 Å². The molecule has 0 spiro atoms. The Balaban J connectivity index is 5.23. The Labute approximate surface area is 530 Å². The lowest BCUT2D eigenvalue weighted by molar-refractivity contribution is -0.161. The first-order valence-electron chi connectivity index (χ1n) is 35.5. The molecule has 0 saturated carbocycles. The summed E-state index contributed by atoms with van der Waals surface area (Å²) >= 11 is 0. The molecule has 5 atom stereocenters. The van der Waals surface area contributed by atoms with Crippen molar-refractivity contribution in [1.82, 2.24) is 0 Å². The van der Waals surface area contributed by atoms with Crippen LogP contribution < -0.4 is 0 Å². The van der Waals surface area contributed by atoms with E-state index in [1.807, 2.05) is 0 Å². The SMILES string of the molecule is CCCCCCCCCCCCCCCCC(=O)OC[C@H](COP(=O)(O)OC[C@@H](O)COP(=O)(O)OC[C@@H](COC(=O)CCCCCCCCCCC)OC(=O)CCCCCCCCCC(C)C)OC(=O)CCCCCCCCCCCCCC(C)C. The van der Waals surface area contributed by atoms with Gasteiger partial charge < -0.3 is 33.8 Å². The van der Waals surface area contributed by atoms with Crippen LogP contribution in [0.1, 0.15) is 343 Å². The Kier molecular flexibility index (Phi) is 59.0. The first kappa shape index (κ1) is 85.1. The fourth-order valence-electron chi connectivity index (χ4n) is 10.2. The maximum Gasteiger partial charge on any atom is 0.472 e. The fraction of sp³-hybridized carbons (Fsp3) is 0.941. The minimum Gasteiger partial charge on any atom is -0.462 e. The number of unbranched alkanes of at least 4 members (excludes halogenated alkanes) is 37. The Bertz CT molecular complexity index is 1700. The maximum absolute atomic E-state index is 13.0. The second kappa shape index (κ2) is 60.3. The quantitative estimate of drug-likeness (QED) is 0.0222. The number of carbonyl (C=O) groups is 4. The van der Waals surface area contributed by atoms with E-state index in [1.165, 1.54) is 161 Å². The fourth-order valence-corrected chi connectivity index (χ4v) is 11.8. The number of hydrogen-bond acceptors (Lipinski definition) is 15. The van der Waals surface area contributed by atoms with Crippen LogP contribution in [0.25, 0.3) is 0 Å². The summed E-state index contributed by atoms with van der Waals surface area (Å²) in [7, 11) is -9.89. The van der Waals surface area contributed by atoms with Crippen molar-refractivity contribution >= 4 is 39.5 Å². The zero-order valence-electron chi connectivity index (χ0n) is 56.3. The molecule has 0 fully saturated rings. The smallest absolute Gasteiger partial charge is 0.462 e. The largest absolute Gasteiger partial charge is 0.472 e. The van der Waals surface area contributed by atoms with Gasteiger partial charge in [0.05, 0.1) is 26.4 Å². The summed E-state index contributed by atoms with van der Waals surface area (Å²) in [5.74, 6) is -0.668. The summed E-state index contributed by atoms with van der Waals surface area (Å²) in [6.45, 7) is 9.46. The van der Waals surface area contributed by atoms with Crippen LogP contribution >= 0.6 is 15.6 Å². The Morgan fingerprint density at radius 3 is 0.782 bits per heavy atom. The molecule has 87 heavy (non-hydrogen) atoms. The van der Waals surface area contributed by atoms with E-state index in [0.717, 1.165) is 95.8 Å². The molecule has 0 amide bonds. The average molecular weight is 1280 g/mol. The van der Waals surface area contributed by atoms with Gasteiger partial charge in [0, 0.05) is 25.7 Å². The molecular formula is C68H132O17P2. The molecule has 0 saturated heterocycles. The summed E-state index contributed by atoms with van der Waals surface area (Å²) in [4.78, 5) is 72.4. The number of aliphatic hydroxyl groups excluding tert-OH is 1. The number of phosphoric acid groups is 2. The normalized spacial score (nSPS) is 14.2. The molecule has 0 heterocycles. The van der Waals surface area contributed by atoms with Crippen LogP contribution in [0.15, 0.2) is 0 Å². The molecule has 0 aliphatic rings. The van der Waals surface area contributed by atoms with Gasteiger partial charge in [-0.25, -0.2) is 9.13 Å². The molecule has 0 aliphatic heterocycles. The minimum absolute atomic E-state index is 0.103. The minimum atomic E-state index is -4.95. The van der Waals surface area contributed by atoms with Gasteiger partial charge in [-0.3, -0.25) is 37.3 Å². The van der Waals surface area contributed by atoms with Crippen molar-refractivity contribution in [3.63, 3.8) is 0 Å². The Morgan fingerprint density at radius 2 is 0.529 bits per heavy atom. The molecule has 0 aromatic carbocycles. The van der Waals surface area contributed by atoms with Gasteiger partial charge in [-0.2, -0.15) is 0 Å². The molecule has 0 aliphatic carbocycles. The van der Waals surface area contributed by atoms with E-state index in [1.54, 1.807) is 0 Å². The number of rotatable bonds is 67. The number of hydrogen-bond donors (Lipinski definition) is 3. The van der Waals surface area contributed by atoms with Gasteiger partial charge in [-0.15, -0.1) is 0 Å². The summed E-state index contributed by atoms with van der Waals surface area (Å²) in [6.07, 6.45) is 44.5. The molecule has 0 aromatic heterocycles. The molecule has 516 valence electrons. The molecule has 19 heteroatoms. The van der Waals surface area contributed by atoms with Crippen LogP contribution in [0.2, 0.25) is 0 Å². The number of aliphatic hydroxyl groups is 1. The lowest BCUT2D eigenvalue weighted by Crippen LogP contribution is -2.30. The van der Waals surface area contributed by atoms with Crippen molar-refractivity contribution in [2.45, 2.75) is 362 Å². The highest BCUT2D eigenvalue weighted by molar-refractivity contribution is 7.47. The molecule has 17 nitrogen and oxygen atoms in total. The van der Waals surface area contributed by atoms with Crippen molar-refractivity contribution in [1.29, 1.82) is 0 Å². The van der Waals surface area contributed by atoms with Crippen molar-refractivity contribution in [2.75, 3.05) is 39.6 Å². The molecule has 0 rings (SSSR count). The van der Waals surface area contributed by atoms with E-state index in [2.05, 4.69) is 41.5 Å². The summed E-state index contributed by atoms with van der Waals surface area (Å²) < 4.78 is 68.1. The molecular weight excluding hydrogens is 1150 g/mol. The molecule has 0 aromatic rings. The lowest BCUT2D eigenvalue weighted by atomic mass is 10.0. The predicted molar refractivity (Wildman–Crippen MR) is 349 cm³/mol. The van der Waals surface area contributed by atoms with Crippen molar-refractivity contribution < 1.29 is 80.2 Å². The monoisotopic (exact) mass is 1280 g/mol. The van der Waals surface area contributed by atoms with E-state index in [9.17, 15) is 43.2 Å². The van der Waals surface area contributed by atoms with Gasteiger partial charge in [0.2, 0.25) is 0 Å². The van der Waals surface area contributed by atoms with Crippen LogP contribution in [0.3, 0.4) is 0 Å². The zero-order chi connectivity index (χ0) is 64.3. The van der Waals surface area contributed by atoms with E-state index < -0.39 is 97.5 Å². The first-order chi connectivity index (χ1) is 41.9. The van der Waals surface area contributed by atoms with Gasteiger partial charge in [0.1, 0.15) is 19.3 Å². The van der Waals surface area contributed by atoms with Crippen molar-refractivity contribution in [2.24, 2.45) is 11.8 Å². The summed E-state index contributed by atoms with van der Waals surface area (Å²) in [5.41, 5.74) is 0. The van der Waals surface area contributed by atoms with Gasteiger partial charge in [0.15, 0.2) is 12.2 Å². The highest BCUT2D eigenvalue weighted by atomic mass is 31.2. The van der Waals surface area contributed by atoms with Crippen LogP contribution in [0, 0.1) is 11.8 Å². The summed E-state index contributed by atoms with van der Waals surface area (Å²) in [5, 5.41) is 10.6. The predicted octanol–water partition coefficient (Wildman–Crippen LogP) is 19.2. The second-order valence-electron chi connectivity index (χ2n) is 25.5. The van der Waals surface area contributed by atoms with Gasteiger partial charge in [0.25, 0.3) is 0 Å². The number of carbonyl (C=O) groups excluding carboxylic acids is 4. The first-order valence-corrected chi connectivity index (χ1v) is 38.5. The van der Waals surface area contributed by atoms with E-state index >= 15 is 0 Å². The van der Waals surface area contributed by atoms with E-state index in [-0.39, 0.29) is 25.7 Å². The van der Waals surface area contributed by atoms with Gasteiger partial charge >= 0.3 is 39.5 Å². The van der Waals surface area contributed by atoms with Crippen molar-refractivity contribution in [3.8, 4) is 0 Å². The Morgan fingerprint density at radius 1 is 0.310 bits per heavy atom. The average Bonchev–Trinajstić information content (AvgIpc) is 3.70. The number of phosphoric ester groups is 2. The third-order valence-electron chi connectivity index (χ3n) is 15.7. The highest BCUT2D eigenvalue weighted by Crippen LogP contribution is 2.45. The van der Waals surface area contributed by atoms with E-state index in [4.69, 9.17) is 37.0 Å². The topological polar surface area (TPSA) is 237 Å². The van der Waals surface area contributed by atoms with E-state index in [0.29, 0.717) is 31.6 Å². The van der Waals surface area contributed by atoms with Crippen LogP contribution in [0.5, 0.6) is 0 Å².